The lowest BCUT2D eigenvalue weighted by Crippen LogP contribution is -2.30. The van der Waals surface area contributed by atoms with Crippen LogP contribution in [-0.2, 0) is 4.79 Å². The molecule has 1 heterocycles. The van der Waals surface area contributed by atoms with E-state index in [1.165, 1.54) is 12.1 Å². The number of hydrogen-bond acceptors (Lipinski definition) is 3. The molecule has 1 fully saturated rings. The van der Waals surface area contributed by atoms with Gasteiger partial charge in [0.05, 0.1) is 6.04 Å². The van der Waals surface area contributed by atoms with Crippen LogP contribution in [0.2, 0.25) is 0 Å². The lowest BCUT2D eigenvalue weighted by atomic mass is 10.0. The molecule has 2 atom stereocenters. The normalized spacial score (nSPS) is 22.4. The van der Waals surface area contributed by atoms with Gasteiger partial charge in [0.2, 0.25) is 5.91 Å². The van der Waals surface area contributed by atoms with Gasteiger partial charge in [0, 0.05) is 7.05 Å². The number of alkyl halides is 2. The van der Waals surface area contributed by atoms with Crippen LogP contribution in [-0.4, -0.2) is 30.5 Å². The smallest absolute Gasteiger partial charge is 0.387 e. The summed E-state index contributed by atoms with van der Waals surface area (Å²) in [5.74, 6) is 0.585. The molecule has 6 heteroatoms. The van der Waals surface area contributed by atoms with Crippen molar-refractivity contribution in [3.05, 3.63) is 29.8 Å². The number of likely N-dealkylation sites (N-methyl/N-ethyl adjacent to an activating group) is 1. The predicted octanol–water partition coefficient (Wildman–Crippen LogP) is 2.76. The number of carbonyl (C=O) groups is 1. The number of nitrogens with one attached hydrogen (secondary N) is 1. The molecule has 1 aromatic rings. The van der Waals surface area contributed by atoms with Crippen LogP contribution in [0.1, 0.15) is 32.0 Å². The summed E-state index contributed by atoms with van der Waals surface area (Å²) in [4.78, 5) is 13.8. The van der Waals surface area contributed by atoms with E-state index in [1.54, 1.807) is 24.1 Å². The second kappa shape index (κ2) is 6.39. The van der Waals surface area contributed by atoms with E-state index in [1.807, 2.05) is 0 Å². The van der Waals surface area contributed by atoms with E-state index in [2.05, 4.69) is 23.9 Å². The Labute approximate surface area is 123 Å². The Morgan fingerprint density at radius 3 is 2.43 bits per heavy atom. The molecule has 1 aromatic carbocycles. The molecule has 1 amide bonds. The standard InChI is InChI=1S/C15H20F2N2O2/c1-9(2)8-12-14(20)19(3)13(18-12)10-4-6-11(7-5-10)21-15(16)17/h4-7,9,12-13,15,18H,8H2,1-3H3. The van der Waals surface area contributed by atoms with Gasteiger partial charge in [-0.3, -0.25) is 10.1 Å². The maximum Gasteiger partial charge on any atom is 0.387 e. The topological polar surface area (TPSA) is 41.6 Å². The van der Waals surface area contributed by atoms with Gasteiger partial charge in [-0.15, -0.1) is 0 Å². The molecule has 4 nitrogen and oxygen atoms in total. The molecule has 0 radical (unpaired) electrons. The van der Waals surface area contributed by atoms with Crippen LogP contribution in [0.25, 0.3) is 0 Å². The van der Waals surface area contributed by atoms with E-state index < -0.39 is 6.61 Å². The Hall–Kier alpha value is -1.69. The summed E-state index contributed by atoms with van der Waals surface area (Å²) >= 11 is 0. The zero-order valence-corrected chi connectivity index (χ0v) is 12.3. The lowest BCUT2D eigenvalue weighted by Gasteiger charge is -2.20. The van der Waals surface area contributed by atoms with Crippen molar-refractivity contribution in [2.45, 2.75) is 39.1 Å². The predicted molar refractivity (Wildman–Crippen MR) is 75.0 cm³/mol. The zero-order chi connectivity index (χ0) is 15.6. The fourth-order valence-corrected chi connectivity index (χ4v) is 2.54. The van der Waals surface area contributed by atoms with Gasteiger partial charge in [-0.05, 0) is 30.0 Å². The molecule has 1 saturated heterocycles. The Kier molecular flexibility index (Phi) is 4.77. The SMILES string of the molecule is CC(C)CC1NC(c2ccc(OC(F)F)cc2)N(C)C1=O. The number of hydrogen-bond donors (Lipinski definition) is 1. The highest BCUT2D eigenvalue weighted by atomic mass is 19.3. The summed E-state index contributed by atoms with van der Waals surface area (Å²) in [5.41, 5.74) is 0.846. The minimum atomic E-state index is -2.83. The number of rotatable bonds is 5. The van der Waals surface area contributed by atoms with Gasteiger partial charge in [-0.1, -0.05) is 26.0 Å². The first kappa shape index (κ1) is 15.7. The monoisotopic (exact) mass is 298 g/mol. The maximum absolute atomic E-state index is 12.2. The highest BCUT2D eigenvalue weighted by Crippen LogP contribution is 2.27. The average molecular weight is 298 g/mol. The third kappa shape index (κ3) is 3.69. The molecule has 116 valence electrons. The summed E-state index contributed by atoms with van der Waals surface area (Å²) in [7, 11) is 1.74. The Balaban J connectivity index is 2.09. The van der Waals surface area contributed by atoms with Gasteiger partial charge < -0.3 is 9.64 Å². The van der Waals surface area contributed by atoms with E-state index >= 15 is 0 Å². The van der Waals surface area contributed by atoms with E-state index in [0.29, 0.717) is 5.92 Å². The summed E-state index contributed by atoms with van der Waals surface area (Å²) < 4.78 is 28.6. The molecule has 0 spiro atoms. The van der Waals surface area contributed by atoms with Crippen molar-refractivity contribution in [2.75, 3.05) is 7.05 Å². The quantitative estimate of drug-likeness (QED) is 0.909. The molecule has 2 unspecified atom stereocenters. The highest BCUT2D eigenvalue weighted by Gasteiger charge is 2.37. The highest BCUT2D eigenvalue weighted by molar-refractivity contribution is 5.84. The van der Waals surface area contributed by atoms with Crippen LogP contribution in [0.15, 0.2) is 24.3 Å². The fourth-order valence-electron chi connectivity index (χ4n) is 2.54. The molecule has 0 saturated carbocycles. The van der Waals surface area contributed by atoms with Crippen molar-refractivity contribution in [2.24, 2.45) is 5.92 Å². The zero-order valence-electron chi connectivity index (χ0n) is 12.3. The number of nitrogens with zero attached hydrogens (tertiary/aromatic N) is 1. The summed E-state index contributed by atoms with van der Waals surface area (Å²) in [6, 6.07) is 6.15. The first-order chi connectivity index (χ1) is 9.88. The van der Waals surface area contributed by atoms with Gasteiger partial charge in [0.15, 0.2) is 0 Å². The van der Waals surface area contributed by atoms with Gasteiger partial charge in [-0.2, -0.15) is 8.78 Å². The van der Waals surface area contributed by atoms with Crippen LogP contribution in [0.5, 0.6) is 5.75 Å². The van der Waals surface area contributed by atoms with Crippen molar-refractivity contribution >= 4 is 5.91 Å². The van der Waals surface area contributed by atoms with Crippen LogP contribution >= 0.6 is 0 Å². The second-order valence-corrected chi connectivity index (χ2v) is 5.65. The molecule has 1 N–H and O–H groups in total. The molecule has 1 aliphatic rings. The third-order valence-electron chi connectivity index (χ3n) is 3.52. The lowest BCUT2D eigenvalue weighted by molar-refractivity contribution is -0.129. The maximum atomic E-state index is 12.2. The average Bonchev–Trinajstić information content (AvgIpc) is 2.67. The van der Waals surface area contributed by atoms with Gasteiger partial charge in [0.1, 0.15) is 11.9 Å². The molecule has 1 aliphatic heterocycles. The van der Waals surface area contributed by atoms with Crippen LogP contribution in [0, 0.1) is 5.92 Å². The van der Waals surface area contributed by atoms with Crippen molar-refractivity contribution in [3.8, 4) is 5.75 Å². The second-order valence-electron chi connectivity index (χ2n) is 5.65. The first-order valence-corrected chi connectivity index (χ1v) is 6.96. The van der Waals surface area contributed by atoms with Crippen LogP contribution in [0.4, 0.5) is 8.78 Å². The number of benzene rings is 1. The van der Waals surface area contributed by atoms with Crippen molar-refractivity contribution in [3.63, 3.8) is 0 Å². The Morgan fingerprint density at radius 1 is 1.29 bits per heavy atom. The van der Waals surface area contributed by atoms with E-state index in [-0.39, 0.29) is 23.9 Å². The van der Waals surface area contributed by atoms with Crippen LogP contribution < -0.4 is 10.1 Å². The molecule has 0 bridgehead atoms. The minimum absolute atomic E-state index is 0.0570. The first-order valence-electron chi connectivity index (χ1n) is 6.96. The van der Waals surface area contributed by atoms with Gasteiger partial charge >= 0.3 is 6.61 Å². The number of carbonyl (C=O) groups excluding carboxylic acids is 1. The summed E-state index contributed by atoms with van der Waals surface area (Å²) in [6.45, 7) is 1.30. The summed E-state index contributed by atoms with van der Waals surface area (Å²) in [5, 5.41) is 3.29. The Morgan fingerprint density at radius 2 is 1.90 bits per heavy atom. The largest absolute Gasteiger partial charge is 0.435 e. The van der Waals surface area contributed by atoms with Crippen molar-refractivity contribution in [1.82, 2.24) is 10.2 Å². The molecule has 0 aliphatic carbocycles. The number of ether oxygens (including phenoxy) is 1. The number of amides is 1. The molecular formula is C15H20F2N2O2. The molecule has 2 rings (SSSR count). The molecule has 0 aromatic heterocycles. The van der Waals surface area contributed by atoms with Gasteiger partial charge in [-0.25, -0.2) is 0 Å². The minimum Gasteiger partial charge on any atom is -0.435 e. The fraction of sp³-hybridized carbons (Fsp3) is 0.533. The Bertz CT molecular complexity index is 491. The molecule has 21 heavy (non-hydrogen) atoms. The van der Waals surface area contributed by atoms with E-state index in [4.69, 9.17) is 0 Å². The van der Waals surface area contributed by atoms with E-state index in [9.17, 15) is 13.6 Å². The van der Waals surface area contributed by atoms with Crippen molar-refractivity contribution in [1.29, 1.82) is 0 Å². The van der Waals surface area contributed by atoms with Crippen molar-refractivity contribution < 1.29 is 18.3 Å². The van der Waals surface area contributed by atoms with Gasteiger partial charge in [0.25, 0.3) is 0 Å². The number of halogens is 2. The molecular weight excluding hydrogens is 278 g/mol. The van der Waals surface area contributed by atoms with E-state index in [0.717, 1.165) is 12.0 Å². The van der Waals surface area contributed by atoms with Crippen LogP contribution in [0.3, 0.4) is 0 Å². The third-order valence-corrected chi connectivity index (χ3v) is 3.52. The summed E-state index contributed by atoms with van der Waals surface area (Å²) in [6.07, 6.45) is 0.536.